The second-order valence-electron chi connectivity index (χ2n) is 15.8. The molecule has 0 atom stereocenters. The summed E-state index contributed by atoms with van der Waals surface area (Å²) in [5.41, 5.74) is 15.8. The fourth-order valence-corrected chi connectivity index (χ4v) is 8.75. The molecular formula is C55H38N2O2. The summed E-state index contributed by atoms with van der Waals surface area (Å²) in [5, 5.41) is 0. The molecule has 9 aromatic rings. The van der Waals surface area contributed by atoms with Gasteiger partial charge in [-0.3, -0.25) is 0 Å². The normalized spacial score (nSPS) is 13.0. The zero-order chi connectivity index (χ0) is 39.5. The Hall–Kier alpha value is -7.56. The van der Waals surface area contributed by atoms with E-state index in [9.17, 15) is 0 Å². The molecule has 0 saturated carbocycles. The lowest BCUT2D eigenvalue weighted by Gasteiger charge is -2.26. The van der Waals surface area contributed by atoms with Gasteiger partial charge in [0, 0.05) is 33.2 Å². The van der Waals surface area contributed by atoms with Gasteiger partial charge in [-0.25, -0.2) is 9.97 Å². The summed E-state index contributed by atoms with van der Waals surface area (Å²) >= 11 is 0. The molecular weight excluding hydrogens is 721 g/mol. The molecule has 0 spiro atoms. The van der Waals surface area contributed by atoms with Crippen LogP contribution in [0.25, 0.3) is 78.4 Å². The largest absolute Gasteiger partial charge is 0.449 e. The highest BCUT2D eigenvalue weighted by molar-refractivity contribution is 5.89. The first kappa shape index (κ1) is 34.7. The lowest BCUT2D eigenvalue weighted by molar-refractivity contribution is 0.361. The fourth-order valence-electron chi connectivity index (χ4n) is 8.75. The van der Waals surface area contributed by atoms with Gasteiger partial charge in [-0.05, 0) is 80.9 Å². The number of benzene rings is 8. The van der Waals surface area contributed by atoms with E-state index in [1.807, 2.05) is 24.3 Å². The second-order valence-corrected chi connectivity index (χ2v) is 15.8. The van der Waals surface area contributed by atoms with E-state index in [1.165, 1.54) is 16.7 Å². The molecule has 0 N–H and O–H groups in total. The number of hydrogen-bond acceptors (Lipinski definition) is 4. The number of aromatic nitrogens is 2. The Labute approximate surface area is 344 Å². The Bertz CT molecular complexity index is 2980. The first-order chi connectivity index (χ1) is 29.0. The summed E-state index contributed by atoms with van der Waals surface area (Å²) in [6.45, 7) is 4.56. The fraction of sp³-hybridized carbons (Fsp3) is 0.0545. The molecule has 2 aliphatic rings. The van der Waals surface area contributed by atoms with E-state index in [2.05, 4.69) is 184 Å². The summed E-state index contributed by atoms with van der Waals surface area (Å²) in [4.78, 5) is 10.5. The van der Waals surface area contributed by atoms with Crippen LogP contribution in [0.15, 0.2) is 194 Å². The predicted octanol–water partition coefficient (Wildman–Crippen LogP) is 14.7. The predicted molar refractivity (Wildman–Crippen MR) is 239 cm³/mol. The molecule has 2 heterocycles. The molecule has 1 aliphatic heterocycles. The molecule has 4 nitrogen and oxygen atoms in total. The van der Waals surface area contributed by atoms with Gasteiger partial charge < -0.3 is 9.47 Å². The highest BCUT2D eigenvalue weighted by atomic mass is 16.6. The molecule has 0 bridgehead atoms. The van der Waals surface area contributed by atoms with Crippen LogP contribution < -0.4 is 9.47 Å². The van der Waals surface area contributed by atoms with Gasteiger partial charge in [0.25, 0.3) is 0 Å². The SMILES string of the molecule is CC1(C)c2ccccc2-c2c1ccc1c2Oc2cccc(-c3cccc(-c4cc(-c5cccc(-c6ccccc6)c5)nc(-c5cccc(-c6ccccc6)c5)n4)c3)c2O1. The van der Waals surface area contributed by atoms with Crippen molar-refractivity contribution in [2.45, 2.75) is 19.3 Å². The van der Waals surface area contributed by atoms with Crippen molar-refractivity contribution in [3.63, 3.8) is 0 Å². The maximum Gasteiger partial charge on any atom is 0.178 e. The van der Waals surface area contributed by atoms with E-state index in [1.54, 1.807) is 0 Å². The van der Waals surface area contributed by atoms with Gasteiger partial charge >= 0.3 is 0 Å². The Kier molecular flexibility index (Phi) is 8.12. The molecule has 0 amide bonds. The van der Waals surface area contributed by atoms with Gasteiger partial charge in [0.2, 0.25) is 0 Å². The van der Waals surface area contributed by atoms with Gasteiger partial charge in [0.1, 0.15) is 0 Å². The van der Waals surface area contributed by atoms with E-state index < -0.39 is 0 Å². The van der Waals surface area contributed by atoms with Gasteiger partial charge in [-0.1, -0.05) is 172 Å². The Balaban J connectivity index is 1.01. The second kappa shape index (κ2) is 13.8. The van der Waals surface area contributed by atoms with E-state index in [4.69, 9.17) is 19.4 Å². The lowest BCUT2D eigenvalue weighted by atomic mass is 9.82. The number of rotatable bonds is 6. The molecule has 0 radical (unpaired) electrons. The molecule has 11 rings (SSSR count). The lowest BCUT2D eigenvalue weighted by Crippen LogP contribution is -2.15. The average Bonchev–Trinajstić information content (AvgIpc) is 3.54. The minimum Gasteiger partial charge on any atom is -0.449 e. The average molecular weight is 759 g/mol. The third-order valence-electron chi connectivity index (χ3n) is 11.8. The van der Waals surface area contributed by atoms with Gasteiger partial charge in [-0.15, -0.1) is 0 Å². The highest BCUT2D eigenvalue weighted by Crippen LogP contribution is 2.59. The third kappa shape index (κ3) is 6.00. The minimum absolute atomic E-state index is 0.136. The van der Waals surface area contributed by atoms with E-state index in [-0.39, 0.29) is 5.41 Å². The molecule has 0 saturated heterocycles. The Morgan fingerprint density at radius 2 is 0.847 bits per heavy atom. The molecule has 59 heavy (non-hydrogen) atoms. The maximum atomic E-state index is 6.82. The topological polar surface area (TPSA) is 44.2 Å². The molecule has 0 fully saturated rings. The van der Waals surface area contributed by atoms with E-state index >= 15 is 0 Å². The van der Waals surface area contributed by atoms with Gasteiger partial charge in [0.05, 0.1) is 11.4 Å². The molecule has 0 unspecified atom stereocenters. The van der Waals surface area contributed by atoms with Crippen molar-refractivity contribution < 1.29 is 9.47 Å². The zero-order valence-corrected chi connectivity index (χ0v) is 32.7. The highest BCUT2D eigenvalue weighted by Gasteiger charge is 2.39. The van der Waals surface area contributed by atoms with Crippen molar-refractivity contribution in [1.29, 1.82) is 0 Å². The number of ether oxygens (including phenoxy) is 2. The number of para-hydroxylation sites is 1. The molecule has 1 aliphatic carbocycles. The van der Waals surface area contributed by atoms with Crippen molar-refractivity contribution in [3.05, 3.63) is 205 Å². The van der Waals surface area contributed by atoms with Crippen LogP contribution in [-0.4, -0.2) is 9.97 Å². The standard InChI is InChI=1S/C55H38N2O2/c1-55(2)45-27-10-9-25-44(45)51-46(55)29-30-50-53(51)59-49-28-14-26-43(52(49)58-50)39-21-13-23-41(33-39)48-34-47(40-22-11-19-37(31-40)35-15-5-3-6-16-35)56-54(57-48)42-24-12-20-38(32-42)36-17-7-4-8-18-36/h3-34H,1-2H3. The smallest absolute Gasteiger partial charge is 0.178 e. The number of fused-ring (bicyclic) bond motifs is 6. The van der Waals surface area contributed by atoms with Crippen LogP contribution in [0.4, 0.5) is 0 Å². The van der Waals surface area contributed by atoms with E-state index in [0.29, 0.717) is 23.1 Å². The molecule has 280 valence electrons. The Morgan fingerprint density at radius 3 is 1.54 bits per heavy atom. The van der Waals surface area contributed by atoms with E-state index in [0.717, 1.165) is 72.8 Å². The molecule has 1 aromatic heterocycles. The van der Waals surface area contributed by atoms with Crippen LogP contribution in [-0.2, 0) is 5.41 Å². The van der Waals surface area contributed by atoms with Crippen molar-refractivity contribution in [3.8, 4) is 101 Å². The summed E-state index contributed by atoms with van der Waals surface area (Å²) in [6, 6.07) is 67.6. The molecule has 8 aromatic carbocycles. The van der Waals surface area contributed by atoms with Gasteiger partial charge in [-0.2, -0.15) is 0 Å². The summed E-state index contributed by atoms with van der Waals surface area (Å²) in [7, 11) is 0. The van der Waals surface area contributed by atoms with Crippen molar-refractivity contribution in [1.82, 2.24) is 9.97 Å². The van der Waals surface area contributed by atoms with Crippen molar-refractivity contribution in [2.24, 2.45) is 0 Å². The minimum atomic E-state index is -0.136. The summed E-state index contributed by atoms with van der Waals surface area (Å²) in [5.74, 6) is 3.54. The Morgan fingerprint density at radius 1 is 0.356 bits per heavy atom. The monoisotopic (exact) mass is 758 g/mol. The summed E-state index contributed by atoms with van der Waals surface area (Å²) in [6.07, 6.45) is 0. The third-order valence-corrected chi connectivity index (χ3v) is 11.8. The van der Waals surface area contributed by atoms with Crippen LogP contribution >= 0.6 is 0 Å². The van der Waals surface area contributed by atoms with Crippen LogP contribution in [0.3, 0.4) is 0 Å². The quantitative estimate of drug-likeness (QED) is 0.169. The van der Waals surface area contributed by atoms with Crippen LogP contribution in [0.1, 0.15) is 25.0 Å². The zero-order valence-electron chi connectivity index (χ0n) is 32.7. The molecule has 4 heteroatoms. The first-order valence-corrected chi connectivity index (χ1v) is 20.1. The van der Waals surface area contributed by atoms with Crippen molar-refractivity contribution >= 4 is 0 Å². The van der Waals surface area contributed by atoms with Crippen LogP contribution in [0, 0.1) is 0 Å². The van der Waals surface area contributed by atoms with Crippen molar-refractivity contribution in [2.75, 3.05) is 0 Å². The van der Waals surface area contributed by atoms with Crippen LogP contribution in [0.2, 0.25) is 0 Å². The maximum absolute atomic E-state index is 6.82. The first-order valence-electron chi connectivity index (χ1n) is 20.1. The summed E-state index contributed by atoms with van der Waals surface area (Å²) < 4.78 is 13.6. The van der Waals surface area contributed by atoms with Gasteiger partial charge in [0.15, 0.2) is 28.8 Å². The number of nitrogens with zero attached hydrogens (tertiary/aromatic N) is 2. The number of hydrogen-bond donors (Lipinski definition) is 0. The van der Waals surface area contributed by atoms with Crippen LogP contribution in [0.5, 0.6) is 23.0 Å².